The summed E-state index contributed by atoms with van der Waals surface area (Å²) in [7, 11) is 0. The maximum atomic E-state index is 12.3. The SMILES string of the molecule is CC(C)(O)CC(=O)NC=Nc1ccc(C(F)(F)F)cc1. The molecular weight excluding hydrogens is 273 g/mol. The number of alkyl halides is 3. The van der Waals surface area contributed by atoms with E-state index >= 15 is 0 Å². The summed E-state index contributed by atoms with van der Waals surface area (Å²) in [6, 6.07) is 4.21. The number of hydrogen-bond acceptors (Lipinski definition) is 3. The lowest BCUT2D eigenvalue weighted by molar-refractivity contribution is -0.137. The minimum Gasteiger partial charge on any atom is -0.390 e. The summed E-state index contributed by atoms with van der Waals surface area (Å²) in [6.45, 7) is 2.97. The third-order valence-electron chi connectivity index (χ3n) is 2.23. The van der Waals surface area contributed by atoms with Crippen molar-refractivity contribution in [2.75, 3.05) is 0 Å². The number of hydrogen-bond donors (Lipinski definition) is 2. The van der Waals surface area contributed by atoms with Crippen molar-refractivity contribution >= 4 is 17.9 Å². The molecule has 0 fully saturated rings. The highest BCUT2D eigenvalue weighted by Crippen LogP contribution is 2.30. The largest absolute Gasteiger partial charge is 0.416 e. The van der Waals surface area contributed by atoms with Gasteiger partial charge in [-0.1, -0.05) is 0 Å². The van der Waals surface area contributed by atoms with Gasteiger partial charge in [0.25, 0.3) is 0 Å². The zero-order valence-electron chi connectivity index (χ0n) is 11.0. The molecule has 0 aliphatic heterocycles. The molecule has 0 bridgehead atoms. The average molecular weight is 288 g/mol. The summed E-state index contributed by atoms with van der Waals surface area (Å²) in [5.41, 5.74) is -1.61. The second-order valence-corrected chi connectivity index (χ2v) is 4.86. The second kappa shape index (κ2) is 6.04. The number of aliphatic imine (C=N–C) groups is 1. The highest BCUT2D eigenvalue weighted by atomic mass is 19.4. The van der Waals surface area contributed by atoms with Gasteiger partial charge in [-0.2, -0.15) is 13.2 Å². The van der Waals surface area contributed by atoms with E-state index in [9.17, 15) is 23.1 Å². The molecule has 1 rings (SSSR count). The molecule has 0 atom stereocenters. The number of carbonyl (C=O) groups is 1. The smallest absolute Gasteiger partial charge is 0.390 e. The third kappa shape index (κ3) is 5.83. The highest BCUT2D eigenvalue weighted by Gasteiger charge is 2.29. The number of aliphatic hydroxyl groups is 1. The number of nitrogens with one attached hydrogen (secondary N) is 1. The summed E-state index contributed by atoms with van der Waals surface area (Å²) in [5, 5.41) is 11.7. The first-order chi connectivity index (χ1) is 9.08. The van der Waals surface area contributed by atoms with E-state index in [-0.39, 0.29) is 12.1 Å². The zero-order valence-corrected chi connectivity index (χ0v) is 11.0. The first-order valence-corrected chi connectivity index (χ1v) is 5.79. The molecule has 0 heterocycles. The summed E-state index contributed by atoms with van der Waals surface area (Å²) in [4.78, 5) is 15.1. The van der Waals surface area contributed by atoms with Crippen molar-refractivity contribution in [2.24, 2.45) is 4.99 Å². The van der Waals surface area contributed by atoms with E-state index in [1.807, 2.05) is 0 Å². The molecule has 0 unspecified atom stereocenters. The van der Waals surface area contributed by atoms with Crippen LogP contribution >= 0.6 is 0 Å². The Labute approximate surface area is 114 Å². The van der Waals surface area contributed by atoms with E-state index in [0.717, 1.165) is 18.5 Å². The Bertz CT molecular complexity index is 488. The minimum absolute atomic E-state index is 0.105. The van der Waals surface area contributed by atoms with Crippen molar-refractivity contribution in [3.05, 3.63) is 29.8 Å². The molecule has 7 heteroatoms. The van der Waals surface area contributed by atoms with Gasteiger partial charge in [-0.05, 0) is 38.1 Å². The molecule has 0 spiro atoms. The normalized spacial score (nSPS) is 12.7. The van der Waals surface area contributed by atoms with Crippen molar-refractivity contribution in [2.45, 2.75) is 32.0 Å². The summed E-state index contributed by atoms with van der Waals surface area (Å²) < 4.78 is 36.9. The Morgan fingerprint density at radius 3 is 2.30 bits per heavy atom. The third-order valence-corrected chi connectivity index (χ3v) is 2.23. The van der Waals surface area contributed by atoms with E-state index in [0.29, 0.717) is 0 Å². The Morgan fingerprint density at radius 2 is 1.85 bits per heavy atom. The molecule has 0 saturated carbocycles. The van der Waals surface area contributed by atoms with Crippen LogP contribution in [0, 0.1) is 0 Å². The maximum Gasteiger partial charge on any atom is 0.416 e. The Kier molecular flexibility index (Phi) is 4.88. The van der Waals surface area contributed by atoms with Crippen LogP contribution in [0.25, 0.3) is 0 Å². The predicted molar refractivity (Wildman–Crippen MR) is 68.7 cm³/mol. The lowest BCUT2D eigenvalue weighted by atomic mass is 10.1. The monoisotopic (exact) mass is 288 g/mol. The number of carbonyl (C=O) groups excluding carboxylic acids is 1. The molecule has 1 aromatic rings. The topological polar surface area (TPSA) is 61.7 Å². The first kappa shape index (κ1) is 16.2. The van der Waals surface area contributed by atoms with Gasteiger partial charge in [0.15, 0.2) is 0 Å². The van der Waals surface area contributed by atoms with Crippen LogP contribution in [0.1, 0.15) is 25.8 Å². The molecule has 1 aromatic carbocycles. The van der Waals surface area contributed by atoms with Gasteiger partial charge >= 0.3 is 6.18 Å². The summed E-state index contributed by atoms with van der Waals surface area (Å²) >= 11 is 0. The molecule has 0 aromatic heterocycles. The number of amides is 1. The van der Waals surface area contributed by atoms with E-state index in [1.165, 1.54) is 26.0 Å². The van der Waals surface area contributed by atoms with Crippen LogP contribution in [0.5, 0.6) is 0 Å². The fraction of sp³-hybridized carbons (Fsp3) is 0.385. The number of halogens is 3. The summed E-state index contributed by atoms with van der Waals surface area (Å²) in [5.74, 6) is -0.437. The molecular formula is C13H15F3N2O2. The predicted octanol–water partition coefficient (Wildman–Crippen LogP) is 2.64. The summed E-state index contributed by atoms with van der Waals surface area (Å²) in [6.07, 6.45) is -3.41. The van der Waals surface area contributed by atoms with Crippen molar-refractivity contribution in [3.63, 3.8) is 0 Å². The fourth-order valence-corrected chi connectivity index (χ4v) is 1.36. The van der Waals surface area contributed by atoms with Crippen molar-refractivity contribution < 1.29 is 23.1 Å². The molecule has 110 valence electrons. The quantitative estimate of drug-likeness (QED) is 0.661. The van der Waals surface area contributed by atoms with Crippen molar-refractivity contribution in [3.8, 4) is 0 Å². The zero-order chi connectivity index (χ0) is 15.4. The maximum absolute atomic E-state index is 12.3. The number of benzene rings is 1. The van der Waals surface area contributed by atoms with Crippen LogP contribution in [0.2, 0.25) is 0 Å². The van der Waals surface area contributed by atoms with Crippen LogP contribution in [-0.2, 0) is 11.0 Å². The van der Waals surface area contributed by atoms with Gasteiger partial charge in [0.1, 0.15) is 0 Å². The molecule has 1 amide bonds. The minimum atomic E-state index is -4.39. The van der Waals surface area contributed by atoms with Gasteiger partial charge in [0.05, 0.1) is 29.6 Å². The van der Waals surface area contributed by atoms with Gasteiger partial charge in [-0.25, -0.2) is 4.99 Å². The van der Waals surface area contributed by atoms with E-state index < -0.39 is 23.2 Å². The molecule has 0 aliphatic carbocycles. The van der Waals surface area contributed by atoms with E-state index in [1.54, 1.807) is 0 Å². The number of rotatable bonds is 4. The van der Waals surface area contributed by atoms with E-state index in [2.05, 4.69) is 10.3 Å². The second-order valence-electron chi connectivity index (χ2n) is 4.86. The van der Waals surface area contributed by atoms with Crippen molar-refractivity contribution in [1.29, 1.82) is 0 Å². The molecule has 0 saturated heterocycles. The fourth-order valence-electron chi connectivity index (χ4n) is 1.36. The molecule has 2 N–H and O–H groups in total. The van der Waals surface area contributed by atoms with Crippen LogP contribution in [0.3, 0.4) is 0 Å². The first-order valence-electron chi connectivity index (χ1n) is 5.79. The van der Waals surface area contributed by atoms with Crippen LogP contribution in [-0.4, -0.2) is 23.0 Å². The van der Waals surface area contributed by atoms with Gasteiger partial charge in [0.2, 0.25) is 5.91 Å². The Hall–Kier alpha value is -1.89. The van der Waals surface area contributed by atoms with E-state index in [4.69, 9.17) is 0 Å². The molecule has 0 radical (unpaired) electrons. The van der Waals surface area contributed by atoms with Gasteiger partial charge in [-0.15, -0.1) is 0 Å². The number of nitrogens with zero attached hydrogens (tertiary/aromatic N) is 1. The lowest BCUT2D eigenvalue weighted by Gasteiger charge is -2.14. The van der Waals surface area contributed by atoms with Gasteiger partial charge in [0, 0.05) is 0 Å². The molecule has 20 heavy (non-hydrogen) atoms. The molecule has 0 aliphatic rings. The van der Waals surface area contributed by atoms with Crippen LogP contribution < -0.4 is 5.32 Å². The lowest BCUT2D eigenvalue weighted by Crippen LogP contribution is -2.31. The average Bonchev–Trinajstić information content (AvgIpc) is 2.26. The van der Waals surface area contributed by atoms with Crippen LogP contribution in [0.4, 0.5) is 18.9 Å². The Balaban J connectivity index is 2.57. The Morgan fingerprint density at radius 1 is 1.30 bits per heavy atom. The van der Waals surface area contributed by atoms with Gasteiger partial charge in [-0.3, -0.25) is 4.79 Å². The highest BCUT2D eigenvalue weighted by molar-refractivity contribution is 5.88. The standard InChI is InChI=1S/C13H15F3N2O2/c1-12(2,20)7-11(19)18-8-17-10-5-3-9(4-6-10)13(14,15)16/h3-6,8,20H,7H2,1-2H3,(H,17,18,19). The molecule has 4 nitrogen and oxygen atoms in total. The van der Waals surface area contributed by atoms with Crippen LogP contribution in [0.15, 0.2) is 29.3 Å². The van der Waals surface area contributed by atoms with Gasteiger partial charge < -0.3 is 10.4 Å². The van der Waals surface area contributed by atoms with Crippen molar-refractivity contribution in [1.82, 2.24) is 5.32 Å².